The Morgan fingerprint density at radius 1 is 1.28 bits per heavy atom. The largest absolute Gasteiger partial charge is 0.324 e. The lowest BCUT2D eigenvalue weighted by Crippen LogP contribution is -2.44. The van der Waals surface area contributed by atoms with Crippen molar-refractivity contribution >= 4 is 11.7 Å². The highest BCUT2D eigenvalue weighted by molar-refractivity contribution is 5.89. The van der Waals surface area contributed by atoms with Crippen molar-refractivity contribution in [1.29, 1.82) is 0 Å². The van der Waals surface area contributed by atoms with Gasteiger partial charge in [0, 0.05) is 13.1 Å². The third-order valence-corrected chi connectivity index (χ3v) is 3.27. The summed E-state index contributed by atoms with van der Waals surface area (Å²) in [6, 6.07) is 6.02. The molecule has 18 heavy (non-hydrogen) atoms. The van der Waals surface area contributed by atoms with Gasteiger partial charge in [0.2, 0.25) is 0 Å². The van der Waals surface area contributed by atoms with Crippen molar-refractivity contribution in [1.82, 2.24) is 4.90 Å². The number of nitrogens with zero attached hydrogens (tertiary/aromatic N) is 1. The number of piperidine rings is 1. The Morgan fingerprint density at radius 3 is 2.50 bits per heavy atom. The molecule has 1 aromatic rings. The fourth-order valence-electron chi connectivity index (χ4n) is 2.59. The van der Waals surface area contributed by atoms with Gasteiger partial charge >= 0.3 is 6.03 Å². The molecule has 0 bridgehead atoms. The molecule has 1 heterocycles. The van der Waals surface area contributed by atoms with Gasteiger partial charge in [0.1, 0.15) is 5.82 Å². The maximum absolute atomic E-state index is 13.4. The van der Waals surface area contributed by atoms with Crippen LogP contribution in [0.5, 0.6) is 0 Å². The fraction of sp³-hybridized carbons (Fsp3) is 0.500. The molecule has 2 atom stereocenters. The predicted molar refractivity (Wildman–Crippen MR) is 69.9 cm³/mol. The van der Waals surface area contributed by atoms with Gasteiger partial charge in [-0.1, -0.05) is 26.0 Å². The molecule has 2 amide bonds. The lowest BCUT2D eigenvalue weighted by Gasteiger charge is -2.34. The van der Waals surface area contributed by atoms with E-state index in [0.29, 0.717) is 11.8 Å². The van der Waals surface area contributed by atoms with Crippen LogP contribution in [0.1, 0.15) is 20.3 Å². The first-order valence-electron chi connectivity index (χ1n) is 6.36. The maximum atomic E-state index is 13.4. The molecule has 0 saturated carbocycles. The number of hydrogen-bond donors (Lipinski definition) is 1. The summed E-state index contributed by atoms with van der Waals surface area (Å²) in [6.45, 7) is 5.76. The lowest BCUT2D eigenvalue weighted by atomic mass is 9.92. The summed E-state index contributed by atoms with van der Waals surface area (Å²) in [5, 5.41) is 2.63. The molecule has 0 spiro atoms. The van der Waals surface area contributed by atoms with Gasteiger partial charge in [0.15, 0.2) is 0 Å². The van der Waals surface area contributed by atoms with Gasteiger partial charge in [0.05, 0.1) is 5.69 Å². The quantitative estimate of drug-likeness (QED) is 0.814. The topological polar surface area (TPSA) is 32.3 Å². The van der Waals surface area contributed by atoms with Crippen LogP contribution in [0, 0.1) is 17.7 Å². The molecule has 0 radical (unpaired) electrons. The van der Waals surface area contributed by atoms with Crippen LogP contribution in [0.15, 0.2) is 24.3 Å². The summed E-state index contributed by atoms with van der Waals surface area (Å²) in [6.07, 6.45) is 1.14. The van der Waals surface area contributed by atoms with Gasteiger partial charge in [-0.3, -0.25) is 0 Å². The van der Waals surface area contributed by atoms with Gasteiger partial charge in [-0.2, -0.15) is 0 Å². The Labute approximate surface area is 107 Å². The molecule has 1 fully saturated rings. The number of carbonyl (C=O) groups is 1. The molecule has 98 valence electrons. The van der Waals surface area contributed by atoms with E-state index in [2.05, 4.69) is 19.2 Å². The maximum Gasteiger partial charge on any atom is 0.321 e. The van der Waals surface area contributed by atoms with E-state index in [1.807, 2.05) is 0 Å². The molecule has 1 aliphatic rings. The number of likely N-dealkylation sites (tertiary alicyclic amines) is 1. The fourth-order valence-corrected chi connectivity index (χ4v) is 2.59. The second-order valence-corrected chi connectivity index (χ2v) is 5.26. The highest BCUT2D eigenvalue weighted by atomic mass is 19.1. The minimum absolute atomic E-state index is 0.210. The van der Waals surface area contributed by atoms with Gasteiger partial charge in [0.25, 0.3) is 0 Å². The third kappa shape index (κ3) is 3.00. The Bertz CT molecular complexity index is 426. The zero-order valence-corrected chi connectivity index (χ0v) is 10.8. The zero-order chi connectivity index (χ0) is 13.1. The summed E-state index contributed by atoms with van der Waals surface area (Å²) in [4.78, 5) is 13.8. The number of nitrogens with one attached hydrogen (secondary N) is 1. The lowest BCUT2D eigenvalue weighted by molar-refractivity contribution is 0.156. The van der Waals surface area contributed by atoms with Crippen molar-refractivity contribution in [2.75, 3.05) is 18.4 Å². The summed E-state index contributed by atoms with van der Waals surface area (Å²) < 4.78 is 13.4. The number of carbonyl (C=O) groups excluding carboxylic acids is 1. The van der Waals surface area contributed by atoms with E-state index < -0.39 is 5.82 Å². The smallest absolute Gasteiger partial charge is 0.321 e. The van der Waals surface area contributed by atoms with Gasteiger partial charge in [-0.25, -0.2) is 9.18 Å². The third-order valence-electron chi connectivity index (χ3n) is 3.27. The number of urea groups is 1. The van der Waals surface area contributed by atoms with Crippen molar-refractivity contribution in [2.24, 2.45) is 11.8 Å². The van der Waals surface area contributed by atoms with Gasteiger partial charge in [-0.05, 0) is 30.4 Å². The first-order chi connectivity index (χ1) is 8.56. The number of benzene rings is 1. The Balaban J connectivity index is 2.02. The molecular formula is C14H19FN2O. The number of halogens is 1. The van der Waals surface area contributed by atoms with Crippen molar-refractivity contribution in [3.05, 3.63) is 30.1 Å². The molecule has 1 N–H and O–H groups in total. The Hall–Kier alpha value is -1.58. The van der Waals surface area contributed by atoms with Crippen molar-refractivity contribution in [3.63, 3.8) is 0 Å². The van der Waals surface area contributed by atoms with Crippen LogP contribution in [0.25, 0.3) is 0 Å². The number of rotatable bonds is 1. The summed E-state index contributed by atoms with van der Waals surface area (Å²) >= 11 is 0. The van der Waals surface area contributed by atoms with Crippen molar-refractivity contribution in [3.8, 4) is 0 Å². The Morgan fingerprint density at radius 2 is 1.89 bits per heavy atom. The monoisotopic (exact) mass is 250 g/mol. The molecule has 2 rings (SSSR count). The molecule has 0 aromatic heterocycles. The molecule has 0 unspecified atom stereocenters. The molecule has 1 aromatic carbocycles. The average molecular weight is 250 g/mol. The van der Waals surface area contributed by atoms with E-state index in [9.17, 15) is 9.18 Å². The highest BCUT2D eigenvalue weighted by Gasteiger charge is 2.25. The molecule has 1 saturated heterocycles. The molecule has 0 aliphatic carbocycles. The van der Waals surface area contributed by atoms with E-state index in [1.54, 1.807) is 23.1 Å². The average Bonchev–Trinajstić information content (AvgIpc) is 2.31. The van der Waals surface area contributed by atoms with E-state index >= 15 is 0 Å². The summed E-state index contributed by atoms with van der Waals surface area (Å²) in [7, 11) is 0. The normalized spacial score (nSPS) is 23.8. The number of amides is 2. The number of anilines is 1. The van der Waals surface area contributed by atoms with Crippen molar-refractivity contribution < 1.29 is 9.18 Å². The Kier molecular flexibility index (Phi) is 3.84. The summed E-state index contributed by atoms with van der Waals surface area (Å²) in [5.41, 5.74) is 0.244. The van der Waals surface area contributed by atoms with E-state index in [-0.39, 0.29) is 11.7 Å². The molecule has 1 aliphatic heterocycles. The van der Waals surface area contributed by atoms with Crippen LogP contribution in [-0.2, 0) is 0 Å². The minimum Gasteiger partial charge on any atom is -0.324 e. The van der Waals surface area contributed by atoms with Gasteiger partial charge < -0.3 is 10.2 Å². The van der Waals surface area contributed by atoms with Crippen LogP contribution in [0.2, 0.25) is 0 Å². The zero-order valence-electron chi connectivity index (χ0n) is 10.8. The minimum atomic E-state index is -0.399. The van der Waals surface area contributed by atoms with Crippen LogP contribution >= 0.6 is 0 Å². The highest BCUT2D eigenvalue weighted by Crippen LogP contribution is 2.22. The summed E-state index contributed by atoms with van der Waals surface area (Å²) in [5.74, 6) is 0.601. The van der Waals surface area contributed by atoms with Crippen LogP contribution in [0.4, 0.5) is 14.9 Å². The number of para-hydroxylation sites is 1. The molecule has 4 heteroatoms. The second-order valence-electron chi connectivity index (χ2n) is 5.26. The van der Waals surface area contributed by atoms with E-state index in [0.717, 1.165) is 19.5 Å². The van der Waals surface area contributed by atoms with Crippen LogP contribution in [0.3, 0.4) is 0 Å². The second kappa shape index (κ2) is 5.38. The standard InChI is InChI=1S/C14H19FN2O/c1-10-7-11(2)9-17(8-10)14(18)16-13-6-4-3-5-12(13)15/h3-6,10-11H,7-9H2,1-2H3,(H,16,18)/t10-,11-/m1/s1. The van der Waals surface area contributed by atoms with Crippen molar-refractivity contribution in [2.45, 2.75) is 20.3 Å². The van der Waals surface area contributed by atoms with Gasteiger partial charge in [-0.15, -0.1) is 0 Å². The first kappa shape index (κ1) is 12.9. The first-order valence-corrected chi connectivity index (χ1v) is 6.36. The van der Waals surface area contributed by atoms with E-state index in [4.69, 9.17) is 0 Å². The number of hydrogen-bond acceptors (Lipinski definition) is 1. The molecular weight excluding hydrogens is 231 g/mol. The van der Waals surface area contributed by atoms with Crippen LogP contribution in [-0.4, -0.2) is 24.0 Å². The molecule has 3 nitrogen and oxygen atoms in total. The SMILES string of the molecule is C[C@@H]1C[C@@H](C)CN(C(=O)Nc2ccccc2F)C1. The predicted octanol–water partition coefficient (Wildman–Crippen LogP) is 3.34. The van der Waals surface area contributed by atoms with Crippen LogP contribution < -0.4 is 5.32 Å². The van der Waals surface area contributed by atoms with E-state index in [1.165, 1.54) is 6.07 Å².